The SMILES string of the molecule is c1ccc(-c2c3ccccc3cc3cn(C4CC4)cc23)cc1. The summed E-state index contributed by atoms with van der Waals surface area (Å²) in [5.74, 6) is 0. The van der Waals surface area contributed by atoms with Crippen LogP contribution in [0, 0.1) is 0 Å². The normalized spacial score (nSPS) is 14.7. The molecular weight excluding hydrogens is 266 g/mol. The first-order valence-electron chi connectivity index (χ1n) is 7.98. The largest absolute Gasteiger partial charge is 0.350 e. The fourth-order valence-electron chi connectivity index (χ4n) is 3.48. The van der Waals surface area contributed by atoms with Gasteiger partial charge in [0, 0.05) is 29.2 Å². The molecule has 1 saturated carbocycles. The molecule has 0 unspecified atom stereocenters. The van der Waals surface area contributed by atoms with Gasteiger partial charge in [-0.15, -0.1) is 0 Å². The van der Waals surface area contributed by atoms with Crippen molar-refractivity contribution >= 4 is 21.5 Å². The molecule has 106 valence electrons. The topological polar surface area (TPSA) is 4.93 Å². The second kappa shape index (κ2) is 4.48. The molecule has 1 heteroatoms. The van der Waals surface area contributed by atoms with Crippen LogP contribution in [-0.2, 0) is 0 Å². The quantitative estimate of drug-likeness (QED) is 0.438. The Morgan fingerprint density at radius 3 is 2.32 bits per heavy atom. The standard InChI is InChI=1S/C21H17N/c1-2-6-15(7-3-1)21-19-9-5-4-8-16(19)12-17-13-22(14-20(17)21)18-10-11-18/h1-9,12-14,18H,10-11H2. The number of hydrogen-bond donors (Lipinski definition) is 0. The van der Waals surface area contributed by atoms with E-state index in [-0.39, 0.29) is 0 Å². The van der Waals surface area contributed by atoms with Crippen LogP contribution in [0.25, 0.3) is 32.7 Å². The summed E-state index contributed by atoms with van der Waals surface area (Å²) < 4.78 is 2.41. The highest BCUT2D eigenvalue weighted by Crippen LogP contribution is 2.41. The molecule has 22 heavy (non-hydrogen) atoms. The minimum absolute atomic E-state index is 0.721. The van der Waals surface area contributed by atoms with Crippen LogP contribution >= 0.6 is 0 Å². The first-order valence-corrected chi connectivity index (χ1v) is 7.98. The molecule has 0 N–H and O–H groups in total. The fourth-order valence-corrected chi connectivity index (χ4v) is 3.48. The summed E-state index contributed by atoms with van der Waals surface area (Å²) in [4.78, 5) is 0. The van der Waals surface area contributed by atoms with Crippen molar-refractivity contribution < 1.29 is 0 Å². The van der Waals surface area contributed by atoms with Gasteiger partial charge in [-0.3, -0.25) is 0 Å². The molecule has 0 radical (unpaired) electrons. The Kier molecular flexibility index (Phi) is 2.45. The van der Waals surface area contributed by atoms with E-state index < -0.39 is 0 Å². The third-order valence-corrected chi connectivity index (χ3v) is 4.72. The van der Waals surface area contributed by atoms with Gasteiger partial charge in [-0.2, -0.15) is 0 Å². The Morgan fingerprint density at radius 2 is 1.50 bits per heavy atom. The number of fused-ring (bicyclic) bond motifs is 2. The molecule has 4 aromatic rings. The zero-order chi connectivity index (χ0) is 14.5. The van der Waals surface area contributed by atoms with Gasteiger partial charge in [0.05, 0.1) is 0 Å². The number of aromatic nitrogens is 1. The summed E-state index contributed by atoms with van der Waals surface area (Å²) in [6, 6.07) is 22.5. The Bertz CT molecular complexity index is 975. The van der Waals surface area contributed by atoms with E-state index in [1.165, 1.54) is 45.5 Å². The van der Waals surface area contributed by atoms with Gasteiger partial charge < -0.3 is 4.57 Å². The molecule has 3 aromatic carbocycles. The Balaban J connectivity index is 1.92. The van der Waals surface area contributed by atoms with Crippen molar-refractivity contribution in [2.45, 2.75) is 18.9 Å². The van der Waals surface area contributed by atoms with E-state index >= 15 is 0 Å². The van der Waals surface area contributed by atoms with Crippen molar-refractivity contribution in [1.82, 2.24) is 4.57 Å². The third-order valence-electron chi connectivity index (χ3n) is 4.72. The predicted molar refractivity (Wildman–Crippen MR) is 93.2 cm³/mol. The van der Waals surface area contributed by atoms with E-state index in [2.05, 4.69) is 77.6 Å². The van der Waals surface area contributed by atoms with Gasteiger partial charge in [0.1, 0.15) is 0 Å². The number of benzene rings is 3. The van der Waals surface area contributed by atoms with Crippen LogP contribution in [0.1, 0.15) is 18.9 Å². The zero-order valence-electron chi connectivity index (χ0n) is 12.4. The smallest absolute Gasteiger partial charge is 0.0332 e. The fraction of sp³-hybridized carbons (Fsp3) is 0.143. The first kappa shape index (κ1) is 12.0. The molecule has 1 aromatic heterocycles. The van der Waals surface area contributed by atoms with Gasteiger partial charge >= 0.3 is 0 Å². The summed E-state index contributed by atoms with van der Waals surface area (Å²) in [7, 11) is 0. The van der Waals surface area contributed by atoms with E-state index in [4.69, 9.17) is 0 Å². The highest BCUT2D eigenvalue weighted by atomic mass is 15.0. The first-order chi connectivity index (χ1) is 10.9. The second-order valence-electron chi connectivity index (χ2n) is 6.28. The maximum Gasteiger partial charge on any atom is 0.0332 e. The van der Waals surface area contributed by atoms with Gasteiger partial charge in [0.2, 0.25) is 0 Å². The van der Waals surface area contributed by atoms with E-state index in [9.17, 15) is 0 Å². The predicted octanol–water partition coefficient (Wildman–Crippen LogP) is 5.80. The number of rotatable bonds is 2. The molecule has 1 nitrogen and oxygen atoms in total. The molecular formula is C21H17N. The van der Waals surface area contributed by atoms with Crippen LogP contribution < -0.4 is 0 Å². The molecule has 0 amide bonds. The minimum atomic E-state index is 0.721. The van der Waals surface area contributed by atoms with Gasteiger partial charge in [-0.25, -0.2) is 0 Å². The molecule has 0 saturated heterocycles. The van der Waals surface area contributed by atoms with Crippen LogP contribution in [-0.4, -0.2) is 4.57 Å². The van der Waals surface area contributed by atoms with Crippen LogP contribution in [0.2, 0.25) is 0 Å². The lowest BCUT2D eigenvalue weighted by Gasteiger charge is -2.09. The van der Waals surface area contributed by atoms with Crippen molar-refractivity contribution in [2.24, 2.45) is 0 Å². The van der Waals surface area contributed by atoms with Gasteiger partial charge in [-0.05, 0) is 40.8 Å². The summed E-state index contributed by atoms with van der Waals surface area (Å²) in [6.45, 7) is 0. The Hall–Kier alpha value is -2.54. The van der Waals surface area contributed by atoms with Crippen molar-refractivity contribution in [3.05, 3.63) is 73.1 Å². The van der Waals surface area contributed by atoms with Crippen molar-refractivity contribution in [1.29, 1.82) is 0 Å². The average molecular weight is 283 g/mol. The third kappa shape index (κ3) is 1.79. The summed E-state index contributed by atoms with van der Waals surface area (Å²) >= 11 is 0. The van der Waals surface area contributed by atoms with E-state index in [1.54, 1.807) is 0 Å². The molecule has 0 spiro atoms. The molecule has 0 aliphatic heterocycles. The Labute approximate surface area is 129 Å². The summed E-state index contributed by atoms with van der Waals surface area (Å²) in [5.41, 5.74) is 2.67. The van der Waals surface area contributed by atoms with E-state index in [0.29, 0.717) is 0 Å². The minimum Gasteiger partial charge on any atom is -0.350 e. The molecule has 1 fully saturated rings. The molecule has 0 bridgehead atoms. The maximum atomic E-state index is 2.41. The lowest BCUT2D eigenvalue weighted by Crippen LogP contribution is -1.86. The molecule has 1 aliphatic carbocycles. The number of hydrogen-bond acceptors (Lipinski definition) is 0. The monoisotopic (exact) mass is 283 g/mol. The maximum absolute atomic E-state index is 2.41. The summed E-state index contributed by atoms with van der Waals surface area (Å²) in [5, 5.41) is 5.39. The van der Waals surface area contributed by atoms with Crippen molar-refractivity contribution in [3.63, 3.8) is 0 Å². The zero-order valence-corrected chi connectivity index (χ0v) is 12.4. The molecule has 1 heterocycles. The Morgan fingerprint density at radius 1 is 0.727 bits per heavy atom. The van der Waals surface area contributed by atoms with Gasteiger partial charge in [0.25, 0.3) is 0 Å². The van der Waals surface area contributed by atoms with Crippen molar-refractivity contribution in [2.75, 3.05) is 0 Å². The lowest BCUT2D eigenvalue weighted by molar-refractivity contribution is 0.751. The molecule has 5 rings (SSSR count). The highest BCUT2D eigenvalue weighted by Gasteiger charge is 2.24. The van der Waals surface area contributed by atoms with Gasteiger partial charge in [-0.1, -0.05) is 54.6 Å². The number of nitrogens with zero attached hydrogens (tertiary/aromatic N) is 1. The van der Waals surface area contributed by atoms with E-state index in [1.807, 2.05) is 0 Å². The van der Waals surface area contributed by atoms with Gasteiger partial charge in [0.15, 0.2) is 0 Å². The second-order valence-corrected chi connectivity index (χ2v) is 6.28. The van der Waals surface area contributed by atoms with Crippen LogP contribution in [0.3, 0.4) is 0 Å². The van der Waals surface area contributed by atoms with E-state index in [0.717, 1.165) is 6.04 Å². The lowest BCUT2D eigenvalue weighted by atomic mass is 9.94. The van der Waals surface area contributed by atoms with Crippen molar-refractivity contribution in [3.8, 4) is 11.1 Å². The molecule has 1 aliphatic rings. The summed E-state index contributed by atoms with van der Waals surface area (Å²) in [6.07, 6.45) is 7.32. The average Bonchev–Trinajstić information content (AvgIpc) is 3.33. The van der Waals surface area contributed by atoms with Crippen LogP contribution in [0.5, 0.6) is 0 Å². The van der Waals surface area contributed by atoms with Crippen LogP contribution in [0.4, 0.5) is 0 Å². The molecule has 0 atom stereocenters. The highest BCUT2D eigenvalue weighted by molar-refractivity contribution is 6.12. The van der Waals surface area contributed by atoms with Crippen LogP contribution in [0.15, 0.2) is 73.1 Å².